The van der Waals surface area contributed by atoms with E-state index in [-0.39, 0.29) is 35.9 Å². The van der Waals surface area contributed by atoms with Crippen LogP contribution in [0, 0.1) is 5.92 Å². The molecule has 0 bridgehead atoms. The average molecular weight is 454 g/mol. The third-order valence-electron chi connectivity index (χ3n) is 3.87. The molecule has 1 rings (SSSR count). The fraction of sp³-hybridized carbons (Fsp3) is 0.882. The van der Waals surface area contributed by atoms with Gasteiger partial charge in [-0.3, -0.25) is 9.79 Å². The number of nitrogens with zero attached hydrogens (tertiary/aromatic N) is 2. The second kappa shape index (κ2) is 13.7. The molecule has 24 heavy (non-hydrogen) atoms. The van der Waals surface area contributed by atoms with E-state index in [2.05, 4.69) is 36.4 Å². The van der Waals surface area contributed by atoms with Crippen molar-refractivity contribution in [1.82, 2.24) is 15.5 Å². The van der Waals surface area contributed by atoms with Gasteiger partial charge in [0, 0.05) is 38.7 Å². The number of guanidine groups is 1. The number of hydrogen-bond acceptors (Lipinski definition) is 3. The molecular formula is C17H35IN4O2. The topological polar surface area (TPSA) is 66.0 Å². The number of nitrogens with one attached hydrogen (secondary N) is 2. The summed E-state index contributed by atoms with van der Waals surface area (Å²) in [5.74, 6) is 1.72. The zero-order valence-corrected chi connectivity index (χ0v) is 18.0. The van der Waals surface area contributed by atoms with E-state index in [1.807, 2.05) is 11.8 Å². The Morgan fingerprint density at radius 1 is 1.33 bits per heavy atom. The molecule has 0 aromatic rings. The highest BCUT2D eigenvalue weighted by atomic mass is 127. The third-order valence-corrected chi connectivity index (χ3v) is 3.87. The van der Waals surface area contributed by atoms with Crippen LogP contribution in [0.5, 0.6) is 0 Å². The first-order valence-corrected chi connectivity index (χ1v) is 8.97. The van der Waals surface area contributed by atoms with E-state index in [0.29, 0.717) is 25.5 Å². The van der Waals surface area contributed by atoms with Gasteiger partial charge in [-0.2, -0.15) is 0 Å². The predicted molar refractivity (Wildman–Crippen MR) is 110 cm³/mol. The molecule has 1 aliphatic heterocycles. The molecule has 0 spiro atoms. The van der Waals surface area contributed by atoms with Gasteiger partial charge in [0.15, 0.2) is 5.96 Å². The highest BCUT2D eigenvalue weighted by Gasteiger charge is 2.25. The summed E-state index contributed by atoms with van der Waals surface area (Å²) in [5, 5.41) is 6.68. The van der Waals surface area contributed by atoms with Crippen LogP contribution in [0.15, 0.2) is 4.99 Å². The minimum Gasteiger partial charge on any atom is -0.380 e. The van der Waals surface area contributed by atoms with Gasteiger partial charge >= 0.3 is 0 Å². The minimum atomic E-state index is 0. The van der Waals surface area contributed by atoms with Crippen LogP contribution < -0.4 is 10.6 Å². The summed E-state index contributed by atoms with van der Waals surface area (Å²) < 4.78 is 5.59. The van der Waals surface area contributed by atoms with Crippen molar-refractivity contribution in [3.05, 3.63) is 0 Å². The lowest BCUT2D eigenvalue weighted by molar-refractivity contribution is -0.129. The van der Waals surface area contributed by atoms with Crippen molar-refractivity contribution in [2.24, 2.45) is 10.9 Å². The number of likely N-dealkylation sites (tertiary alicyclic amines) is 1. The molecule has 7 heteroatoms. The van der Waals surface area contributed by atoms with Gasteiger partial charge in [-0.25, -0.2) is 0 Å². The van der Waals surface area contributed by atoms with Gasteiger partial charge in [0.1, 0.15) is 0 Å². The van der Waals surface area contributed by atoms with Gasteiger partial charge in [0.2, 0.25) is 5.91 Å². The number of rotatable bonds is 9. The lowest BCUT2D eigenvalue weighted by Crippen LogP contribution is -2.45. The van der Waals surface area contributed by atoms with E-state index in [9.17, 15) is 4.79 Å². The molecule has 0 saturated carbocycles. The molecule has 6 nitrogen and oxygen atoms in total. The summed E-state index contributed by atoms with van der Waals surface area (Å²) in [5.41, 5.74) is 0. The Morgan fingerprint density at radius 2 is 2.08 bits per heavy atom. The lowest BCUT2D eigenvalue weighted by Gasteiger charge is -2.18. The fourth-order valence-electron chi connectivity index (χ4n) is 2.48. The van der Waals surface area contributed by atoms with Gasteiger partial charge in [-0.1, -0.05) is 20.8 Å². The van der Waals surface area contributed by atoms with Gasteiger partial charge in [-0.15, -0.1) is 24.0 Å². The molecule has 0 aromatic heterocycles. The molecule has 0 radical (unpaired) electrons. The van der Waals surface area contributed by atoms with Crippen molar-refractivity contribution in [2.45, 2.75) is 53.0 Å². The van der Waals surface area contributed by atoms with E-state index in [1.165, 1.54) is 0 Å². The first-order chi connectivity index (χ1) is 11.1. The van der Waals surface area contributed by atoms with E-state index < -0.39 is 0 Å². The number of carbonyl (C=O) groups is 1. The van der Waals surface area contributed by atoms with Crippen LogP contribution in [0.1, 0.15) is 47.0 Å². The molecule has 1 saturated heterocycles. The molecule has 1 unspecified atom stereocenters. The molecule has 1 atom stereocenters. The van der Waals surface area contributed by atoms with E-state index in [4.69, 9.17) is 4.74 Å². The summed E-state index contributed by atoms with van der Waals surface area (Å²) >= 11 is 0. The monoisotopic (exact) mass is 454 g/mol. The Bertz CT molecular complexity index is 378. The highest BCUT2D eigenvalue weighted by molar-refractivity contribution is 14.0. The Kier molecular flexibility index (Phi) is 13.4. The van der Waals surface area contributed by atoms with Crippen LogP contribution in [0.3, 0.4) is 0 Å². The van der Waals surface area contributed by atoms with Gasteiger partial charge in [0.05, 0.1) is 13.2 Å². The van der Waals surface area contributed by atoms with Crippen molar-refractivity contribution < 1.29 is 9.53 Å². The van der Waals surface area contributed by atoms with E-state index >= 15 is 0 Å². The zero-order valence-electron chi connectivity index (χ0n) is 15.6. The number of hydrogen-bond donors (Lipinski definition) is 2. The number of carbonyl (C=O) groups excluding carboxylic acids is 1. The average Bonchev–Trinajstić information content (AvgIpc) is 2.98. The maximum absolute atomic E-state index is 11.7. The zero-order chi connectivity index (χ0) is 17.1. The van der Waals surface area contributed by atoms with Crippen molar-refractivity contribution in [2.75, 3.05) is 39.4 Å². The number of amides is 1. The maximum Gasteiger partial charge on any atom is 0.222 e. The minimum absolute atomic E-state index is 0. The third kappa shape index (κ3) is 9.66. The molecular weight excluding hydrogens is 419 g/mol. The quantitative estimate of drug-likeness (QED) is 0.243. The van der Waals surface area contributed by atoms with Crippen molar-refractivity contribution >= 4 is 35.8 Å². The standard InChI is InChI=1S/C17H34N4O2.HI/c1-5-16(22)21-10-7-15(13-21)20-17(18-6-2)19-9-12-23-11-8-14(3)4;/h14-15H,5-13H2,1-4H3,(H2,18,19,20);1H. The van der Waals surface area contributed by atoms with Gasteiger partial charge < -0.3 is 20.3 Å². The second-order valence-corrected chi connectivity index (χ2v) is 6.38. The predicted octanol–water partition coefficient (Wildman–Crippen LogP) is 2.23. The number of halogens is 1. The van der Waals surface area contributed by atoms with Gasteiger partial charge in [-0.05, 0) is 25.7 Å². The highest BCUT2D eigenvalue weighted by Crippen LogP contribution is 2.10. The first-order valence-electron chi connectivity index (χ1n) is 8.97. The molecule has 1 heterocycles. The Morgan fingerprint density at radius 3 is 2.71 bits per heavy atom. The summed E-state index contributed by atoms with van der Waals surface area (Å²) in [4.78, 5) is 18.2. The normalized spacial score (nSPS) is 17.8. The van der Waals surface area contributed by atoms with Crippen LogP contribution in [0.25, 0.3) is 0 Å². The molecule has 2 N–H and O–H groups in total. The molecule has 1 fully saturated rings. The summed E-state index contributed by atoms with van der Waals surface area (Å²) in [7, 11) is 0. The van der Waals surface area contributed by atoms with Crippen LogP contribution in [0.4, 0.5) is 0 Å². The van der Waals surface area contributed by atoms with Crippen LogP contribution >= 0.6 is 24.0 Å². The van der Waals surface area contributed by atoms with Crippen molar-refractivity contribution in [3.8, 4) is 0 Å². The molecule has 1 amide bonds. The molecule has 1 aliphatic rings. The second-order valence-electron chi connectivity index (χ2n) is 6.38. The Balaban J connectivity index is 0.00000529. The van der Waals surface area contributed by atoms with Crippen LogP contribution in [-0.2, 0) is 9.53 Å². The van der Waals surface area contributed by atoms with Crippen LogP contribution in [-0.4, -0.2) is 62.2 Å². The summed E-state index contributed by atoms with van der Waals surface area (Å²) in [6.07, 6.45) is 2.64. The largest absolute Gasteiger partial charge is 0.380 e. The Hall–Kier alpha value is -0.570. The van der Waals surface area contributed by atoms with Crippen molar-refractivity contribution in [3.63, 3.8) is 0 Å². The SMILES string of the molecule is CCNC(=NCCOCCC(C)C)NC1CCN(C(=O)CC)C1.I. The molecule has 142 valence electrons. The number of aliphatic imine (C=N–C) groups is 1. The number of ether oxygens (including phenoxy) is 1. The van der Waals surface area contributed by atoms with Crippen LogP contribution in [0.2, 0.25) is 0 Å². The van der Waals surface area contributed by atoms with E-state index in [0.717, 1.165) is 45.0 Å². The summed E-state index contributed by atoms with van der Waals surface area (Å²) in [6, 6.07) is 0.283. The lowest BCUT2D eigenvalue weighted by atomic mass is 10.1. The Labute approximate surface area is 164 Å². The maximum atomic E-state index is 11.7. The first kappa shape index (κ1) is 23.4. The smallest absolute Gasteiger partial charge is 0.222 e. The summed E-state index contributed by atoms with van der Waals surface area (Å²) in [6.45, 7) is 12.9. The van der Waals surface area contributed by atoms with E-state index in [1.54, 1.807) is 0 Å². The fourth-order valence-corrected chi connectivity index (χ4v) is 2.48. The van der Waals surface area contributed by atoms with Crippen molar-refractivity contribution in [1.29, 1.82) is 0 Å². The molecule has 0 aliphatic carbocycles. The van der Waals surface area contributed by atoms with Gasteiger partial charge in [0.25, 0.3) is 0 Å². The molecule has 0 aromatic carbocycles.